The van der Waals surface area contributed by atoms with E-state index in [1.807, 2.05) is 36.4 Å². The number of anilines is 1. The van der Waals surface area contributed by atoms with E-state index >= 15 is 0 Å². The summed E-state index contributed by atoms with van der Waals surface area (Å²) in [5.41, 5.74) is 2.97. The lowest BCUT2D eigenvalue weighted by molar-refractivity contribution is 0.163. The number of fused-ring (bicyclic) bond motifs is 1. The van der Waals surface area contributed by atoms with E-state index in [4.69, 9.17) is 4.74 Å². The minimum atomic E-state index is -1.21. The number of ether oxygens (including phenoxy) is 1. The summed E-state index contributed by atoms with van der Waals surface area (Å²) < 4.78 is 20.9. The molecule has 0 spiro atoms. The van der Waals surface area contributed by atoms with Crippen LogP contribution >= 0.6 is 0 Å². The summed E-state index contributed by atoms with van der Waals surface area (Å²) in [6.07, 6.45) is 5.67. The summed E-state index contributed by atoms with van der Waals surface area (Å²) in [5, 5.41) is 10.3. The quantitative estimate of drug-likeness (QED) is 0.811. The first-order chi connectivity index (χ1) is 12.7. The molecule has 0 aliphatic carbocycles. The van der Waals surface area contributed by atoms with Crippen LogP contribution in [0, 0.1) is 0 Å². The predicted octanol–water partition coefficient (Wildman–Crippen LogP) is 3.08. The van der Waals surface area contributed by atoms with Crippen LogP contribution < -0.4 is 10.6 Å². The van der Waals surface area contributed by atoms with Gasteiger partial charge in [0.25, 0.3) is 0 Å². The summed E-state index contributed by atoms with van der Waals surface area (Å²) >= 11 is 0. The van der Waals surface area contributed by atoms with Crippen molar-refractivity contribution in [2.24, 2.45) is 0 Å². The summed E-state index contributed by atoms with van der Waals surface area (Å²) in [6, 6.07) is 9.74. The number of hydrogen-bond acceptors (Lipinski definition) is 5. The summed E-state index contributed by atoms with van der Waals surface area (Å²) in [7, 11) is 0. The fourth-order valence-corrected chi connectivity index (χ4v) is 2.73. The number of nitrogens with zero attached hydrogens (tertiary/aromatic N) is 3. The maximum absolute atomic E-state index is 13.7. The number of rotatable bonds is 5. The van der Waals surface area contributed by atoms with Crippen LogP contribution in [0.4, 0.5) is 10.3 Å². The smallest absolute Gasteiger partial charge is 0.230 e. The number of benzene rings is 1. The van der Waals surface area contributed by atoms with E-state index in [1.165, 1.54) is 0 Å². The number of dihydropyridines is 1. The number of allylic oxidation sites excluding steroid dienone is 4. The topological polar surface area (TPSA) is 64.0 Å². The van der Waals surface area contributed by atoms with E-state index in [2.05, 4.69) is 27.3 Å². The summed E-state index contributed by atoms with van der Waals surface area (Å²) in [6.45, 7) is 4.51. The zero-order valence-corrected chi connectivity index (χ0v) is 14.0. The molecule has 0 amide bonds. The maximum atomic E-state index is 13.7. The van der Waals surface area contributed by atoms with Crippen LogP contribution in [0.1, 0.15) is 0 Å². The Morgan fingerprint density at radius 1 is 1.23 bits per heavy atom. The van der Waals surface area contributed by atoms with E-state index in [-0.39, 0.29) is 6.61 Å². The molecule has 2 aliphatic heterocycles. The highest BCUT2D eigenvalue weighted by molar-refractivity contribution is 5.68. The second-order valence-corrected chi connectivity index (χ2v) is 5.95. The second-order valence-electron chi connectivity index (χ2n) is 5.95. The molecular weight excluding hydrogens is 333 g/mol. The van der Waals surface area contributed by atoms with Crippen LogP contribution in [0.5, 0.6) is 0 Å². The zero-order chi connectivity index (χ0) is 17.9. The van der Waals surface area contributed by atoms with E-state index in [0.29, 0.717) is 29.6 Å². The van der Waals surface area contributed by atoms with Gasteiger partial charge in [-0.1, -0.05) is 43.0 Å². The molecule has 1 aromatic heterocycles. The van der Waals surface area contributed by atoms with Crippen molar-refractivity contribution >= 4 is 11.6 Å². The Morgan fingerprint density at radius 3 is 2.88 bits per heavy atom. The third kappa shape index (κ3) is 3.29. The van der Waals surface area contributed by atoms with Gasteiger partial charge in [-0.3, -0.25) is 0 Å². The molecule has 0 saturated heterocycles. The number of alkyl halides is 1. The van der Waals surface area contributed by atoms with Crippen LogP contribution in [0.3, 0.4) is 0 Å². The molecule has 26 heavy (non-hydrogen) atoms. The minimum absolute atomic E-state index is 0.200. The molecule has 2 N–H and O–H groups in total. The van der Waals surface area contributed by atoms with Gasteiger partial charge in [0.2, 0.25) is 5.95 Å². The highest BCUT2D eigenvalue weighted by Gasteiger charge is 2.19. The molecular formula is C19H18FN5O. The SMILES string of the molecule is C=C1C=C(COCC2=CC=CNC2F)Nc2nc(-c3ccccc3)nn21. The molecule has 2 aliphatic rings. The number of aromatic nitrogens is 3. The first kappa shape index (κ1) is 16.3. The zero-order valence-electron chi connectivity index (χ0n) is 14.0. The molecule has 0 radical (unpaired) electrons. The van der Waals surface area contributed by atoms with Crippen LogP contribution in [-0.4, -0.2) is 34.3 Å². The van der Waals surface area contributed by atoms with Crippen molar-refractivity contribution in [3.05, 3.63) is 72.6 Å². The molecule has 0 saturated carbocycles. The molecule has 7 heteroatoms. The molecule has 132 valence electrons. The van der Waals surface area contributed by atoms with Gasteiger partial charge in [0.05, 0.1) is 18.9 Å². The molecule has 0 bridgehead atoms. The highest BCUT2D eigenvalue weighted by Crippen LogP contribution is 2.25. The van der Waals surface area contributed by atoms with Gasteiger partial charge in [-0.25, -0.2) is 4.39 Å². The Labute approximate surface area is 150 Å². The Balaban J connectivity index is 1.42. The molecule has 1 atom stereocenters. The lowest BCUT2D eigenvalue weighted by atomic mass is 10.2. The number of halogens is 1. The van der Waals surface area contributed by atoms with Crippen molar-refractivity contribution in [1.29, 1.82) is 0 Å². The molecule has 6 nitrogen and oxygen atoms in total. The van der Waals surface area contributed by atoms with Gasteiger partial charge in [-0.2, -0.15) is 9.67 Å². The Kier molecular flexibility index (Phi) is 4.37. The fourth-order valence-electron chi connectivity index (χ4n) is 2.73. The summed E-state index contributed by atoms with van der Waals surface area (Å²) in [5.74, 6) is 1.20. The Morgan fingerprint density at radius 2 is 2.08 bits per heavy atom. The Bertz CT molecular complexity index is 913. The summed E-state index contributed by atoms with van der Waals surface area (Å²) in [4.78, 5) is 4.52. The first-order valence-electron chi connectivity index (χ1n) is 8.23. The molecule has 1 aromatic carbocycles. The van der Waals surface area contributed by atoms with Crippen LogP contribution in [0.25, 0.3) is 17.1 Å². The van der Waals surface area contributed by atoms with E-state index in [1.54, 1.807) is 23.0 Å². The predicted molar refractivity (Wildman–Crippen MR) is 98.6 cm³/mol. The van der Waals surface area contributed by atoms with Gasteiger partial charge < -0.3 is 15.4 Å². The third-order valence-electron chi connectivity index (χ3n) is 4.03. The van der Waals surface area contributed by atoms with Crippen molar-refractivity contribution in [3.8, 4) is 11.4 Å². The van der Waals surface area contributed by atoms with Crippen molar-refractivity contribution in [2.75, 3.05) is 18.5 Å². The minimum Gasteiger partial charge on any atom is -0.371 e. The largest absolute Gasteiger partial charge is 0.371 e. The van der Waals surface area contributed by atoms with Gasteiger partial charge in [0.1, 0.15) is 0 Å². The molecule has 4 rings (SSSR count). The van der Waals surface area contributed by atoms with Crippen molar-refractivity contribution in [2.45, 2.75) is 6.30 Å². The van der Waals surface area contributed by atoms with Gasteiger partial charge in [-0.15, -0.1) is 5.10 Å². The highest BCUT2D eigenvalue weighted by atomic mass is 19.1. The lowest BCUT2D eigenvalue weighted by Crippen LogP contribution is -2.26. The molecule has 0 fully saturated rings. The standard InChI is InChI=1S/C19H18FN5O/c1-13-10-16(12-26-11-15-8-5-9-21-17(15)20)22-19-23-18(24-25(13)19)14-6-3-2-4-7-14/h2-10,17,21H,1,11-12H2,(H,22,23,24). The van der Waals surface area contributed by atoms with Crippen LogP contribution in [0.2, 0.25) is 0 Å². The number of hydrogen-bond donors (Lipinski definition) is 2. The van der Waals surface area contributed by atoms with Crippen molar-refractivity contribution < 1.29 is 9.13 Å². The van der Waals surface area contributed by atoms with Crippen LogP contribution in [0.15, 0.2) is 72.6 Å². The monoisotopic (exact) mass is 351 g/mol. The average Bonchev–Trinajstić information content (AvgIpc) is 3.09. The van der Waals surface area contributed by atoms with Gasteiger partial charge in [0.15, 0.2) is 12.1 Å². The van der Waals surface area contributed by atoms with Gasteiger partial charge >= 0.3 is 0 Å². The van der Waals surface area contributed by atoms with Crippen molar-refractivity contribution in [3.63, 3.8) is 0 Å². The van der Waals surface area contributed by atoms with E-state index in [0.717, 1.165) is 11.3 Å². The molecule has 3 heterocycles. The number of nitrogens with one attached hydrogen (secondary N) is 2. The Hall–Kier alpha value is -3.19. The lowest BCUT2D eigenvalue weighted by Gasteiger charge is -2.19. The molecule has 1 unspecified atom stereocenters. The van der Waals surface area contributed by atoms with E-state index < -0.39 is 6.30 Å². The van der Waals surface area contributed by atoms with E-state index in [9.17, 15) is 4.39 Å². The fraction of sp³-hybridized carbons (Fsp3) is 0.158. The first-order valence-corrected chi connectivity index (χ1v) is 8.23. The van der Waals surface area contributed by atoms with Gasteiger partial charge in [0, 0.05) is 16.8 Å². The third-order valence-corrected chi connectivity index (χ3v) is 4.03. The normalized spacial score (nSPS) is 18.5. The van der Waals surface area contributed by atoms with Gasteiger partial charge in [-0.05, 0) is 18.4 Å². The second kappa shape index (κ2) is 6.97. The van der Waals surface area contributed by atoms with Crippen LogP contribution in [-0.2, 0) is 4.74 Å². The maximum Gasteiger partial charge on any atom is 0.230 e. The van der Waals surface area contributed by atoms with Crippen molar-refractivity contribution in [1.82, 2.24) is 20.1 Å². The average molecular weight is 351 g/mol. The molecule has 2 aromatic rings.